The van der Waals surface area contributed by atoms with Crippen LogP contribution in [0.3, 0.4) is 0 Å². The second kappa shape index (κ2) is 3.67. The highest BCUT2D eigenvalue weighted by Gasteiger charge is 2.17. The van der Waals surface area contributed by atoms with Crippen LogP contribution in [0.1, 0.15) is 0 Å². The van der Waals surface area contributed by atoms with Crippen LogP contribution in [0.4, 0.5) is 0 Å². The van der Waals surface area contributed by atoms with Gasteiger partial charge in [-0.3, -0.25) is 4.40 Å². The van der Waals surface area contributed by atoms with Gasteiger partial charge in [-0.25, -0.2) is 18.4 Å². The van der Waals surface area contributed by atoms with Crippen LogP contribution in [0.15, 0.2) is 22.0 Å². The Morgan fingerprint density at radius 1 is 1.53 bits per heavy atom. The van der Waals surface area contributed by atoms with E-state index >= 15 is 0 Å². The molecule has 8 heteroatoms. The van der Waals surface area contributed by atoms with Crippen molar-refractivity contribution in [1.29, 1.82) is 0 Å². The molecule has 0 saturated carbocycles. The van der Waals surface area contributed by atoms with Crippen LogP contribution < -0.4 is 0 Å². The summed E-state index contributed by atoms with van der Waals surface area (Å²) >= 11 is 5.24. The standard InChI is InChI=1S/C7H5BrIN3O2S/c1-15(13,14)7-6-10-2-5(9)12(6)3-4(8)11-7/h2-3H,1H3. The van der Waals surface area contributed by atoms with Crippen molar-refractivity contribution in [2.45, 2.75) is 5.03 Å². The monoisotopic (exact) mass is 401 g/mol. The lowest BCUT2D eigenvalue weighted by atomic mass is 10.7. The van der Waals surface area contributed by atoms with E-state index in [4.69, 9.17) is 0 Å². The highest BCUT2D eigenvalue weighted by atomic mass is 127. The van der Waals surface area contributed by atoms with Crippen LogP contribution in [0, 0.1) is 3.70 Å². The van der Waals surface area contributed by atoms with Gasteiger partial charge in [0, 0.05) is 12.5 Å². The lowest BCUT2D eigenvalue weighted by molar-refractivity contribution is 0.598. The molecule has 0 amide bonds. The molecule has 5 nitrogen and oxygen atoms in total. The highest BCUT2D eigenvalue weighted by molar-refractivity contribution is 14.1. The number of imidazole rings is 1. The van der Waals surface area contributed by atoms with Gasteiger partial charge in [0.15, 0.2) is 20.5 Å². The van der Waals surface area contributed by atoms with E-state index in [1.54, 1.807) is 16.8 Å². The van der Waals surface area contributed by atoms with E-state index in [1.807, 2.05) is 0 Å². The molecule has 2 heterocycles. The third-order valence-electron chi connectivity index (χ3n) is 1.74. The van der Waals surface area contributed by atoms with E-state index in [-0.39, 0.29) is 5.03 Å². The minimum Gasteiger partial charge on any atom is -0.290 e. The van der Waals surface area contributed by atoms with Crippen LogP contribution in [-0.2, 0) is 9.84 Å². The first-order chi connectivity index (χ1) is 6.89. The molecule has 0 N–H and O–H groups in total. The molecule has 0 spiro atoms. The zero-order valence-electron chi connectivity index (χ0n) is 7.48. The second-order valence-electron chi connectivity index (χ2n) is 2.92. The van der Waals surface area contributed by atoms with Crippen LogP contribution in [0.2, 0.25) is 0 Å². The van der Waals surface area contributed by atoms with Crippen molar-refractivity contribution in [2.24, 2.45) is 0 Å². The molecule has 0 aliphatic heterocycles. The Kier molecular flexibility index (Phi) is 2.75. The molecule has 0 fully saturated rings. The predicted molar refractivity (Wildman–Crippen MR) is 66.5 cm³/mol. The van der Waals surface area contributed by atoms with Gasteiger partial charge in [-0.1, -0.05) is 0 Å². The molecule has 0 radical (unpaired) electrons. The van der Waals surface area contributed by atoms with Gasteiger partial charge in [0.05, 0.1) is 6.20 Å². The Balaban J connectivity index is 2.97. The van der Waals surface area contributed by atoms with Crippen molar-refractivity contribution in [2.75, 3.05) is 6.26 Å². The molecule has 0 atom stereocenters. The first-order valence-corrected chi connectivity index (χ1v) is 7.55. The zero-order chi connectivity index (χ0) is 11.2. The fraction of sp³-hybridized carbons (Fsp3) is 0.143. The highest BCUT2D eigenvalue weighted by Crippen LogP contribution is 2.19. The van der Waals surface area contributed by atoms with Gasteiger partial charge in [-0.05, 0) is 38.5 Å². The number of rotatable bonds is 1. The van der Waals surface area contributed by atoms with Crippen molar-refractivity contribution in [3.63, 3.8) is 0 Å². The number of hydrogen-bond acceptors (Lipinski definition) is 4. The number of halogens is 2. The fourth-order valence-electron chi connectivity index (χ4n) is 1.15. The summed E-state index contributed by atoms with van der Waals surface area (Å²) in [6, 6.07) is 0. The van der Waals surface area contributed by atoms with Crippen LogP contribution in [0.5, 0.6) is 0 Å². The maximum atomic E-state index is 11.5. The van der Waals surface area contributed by atoms with Crippen molar-refractivity contribution in [3.05, 3.63) is 20.7 Å². The fourth-order valence-corrected chi connectivity index (χ4v) is 2.91. The minimum absolute atomic E-state index is 0.0141. The van der Waals surface area contributed by atoms with Gasteiger partial charge in [-0.15, -0.1) is 0 Å². The molecule has 0 bridgehead atoms. The maximum Gasteiger partial charge on any atom is 0.199 e. The first-order valence-electron chi connectivity index (χ1n) is 3.79. The minimum atomic E-state index is -3.37. The molecular weight excluding hydrogens is 397 g/mol. The summed E-state index contributed by atoms with van der Waals surface area (Å²) < 4.78 is 25.9. The van der Waals surface area contributed by atoms with E-state index in [0.29, 0.717) is 10.3 Å². The Bertz CT molecular complexity index is 637. The van der Waals surface area contributed by atoms with Crippen molar-refractivity contribution in [3.8, 4) is 0 Å². The molecule has 2 aromatic heterocycles. The zero-order valence-corrected chi connectivity index (χ0v) is 12.0. The smallest absolute Gasteiger partial charge is 0.199 e. The Morgan fingerprint density at radius 3 is 2.80 bits per heavy atom. The van der Waals surface area contributed by atoms with E-state index < -0.39 is 9.84 Å². The number of fused-ring (bicyclic) bond motifs is 1. The molecule has 15 heavy (non-hydrogen) atoms. The van der Waals surface area contributed by atoms with Crippen molar-refractivity contribution in [1.82, 2.24) is 14.4 Å². The van der Waals surface area contributed by atoms with E-state index in [2.05, 4.69) is 48.5 Å². The van der Waals surface area contributed by atoms with Crippen LogP contribution >= 0.6 is 38.5 Å². The lowest BCUT2D eigenvalue weighted by Crippen LogP contribution is -2.05. The summed E-state index contributed by atoms with van der Waals surface area (Å²) in [7, 11) is -3.37. The average Bonchev–Trinajstić information content (AvgIpc) is 2.45. The molecule has 2 aromatic rings. The third kappa shape index (κ3) is 2.02. The molecule has 80 valence electrons. The summed E-state index contributed by atoms with van der Waals surface area (Å²) in [6.07, 6.45) is 4.39. The van der Waals surface area contributed by atoms with Gasteiger partial charge in [-0.2, -0.15) is 0 Å². The first kappa shape index (κ1) is 11.3. The molecule has 0 aliphatic carbocycles. The Hall–Kier alpha value is -0.220. The Labute approximate surface area is 108 Å². The third-order valence-corrected chi connectivity index (χ3v) is 3.89. The summed E-state index contributed by atoms with van der Waals surface area (Å²) in [4.78, 5) is 7.95. The molecule has 0 saturated heterocycles. The van der Waals surface area contributed by atoms with Crippen molar-refractivity contribution >= 4 is 54.0 Å². The number of aromatic nitrogens is 3. The van der Waals surface area contributed by atoms with Gasteiger partial charge in [0.1, 0.15) is 8.30 Å². The molecule has 0 unspecified atom stereocenters. The molecule has 0 aliphatic rings. The average molecular weight is 402 g/mol. The number of sulfone groups is 1. The quantitative estimate of drug-likeness (QED) is 0.679. The summed E-state index contributed by atoms with van der Waals surface area (Å²) in [5.74, 6) is 0. The SMILES string of the molecule is CS(=O)(=O)c1nc(Br)cn2c(I)cnc12. The number of hydrogen-bond donors (Lipinski definition) is 0. The summed E-state index contributed by atoms with van der Waals surface area (Å²) in [5, 5.41) is -0.0141. The van der Waals surface area contributed by atoms with Crippen molar-refractivity contribution < 1.29 is 8.42 Å². The Morgan fingerprint density at radius 2 is 2.20 bits per heavy atom. The normalized spacial score (nSPS) is 12.2. The second-order valence-corrected chi connectivity index (χ2v) is 6.76. The van der Waals surface area contributed by atoms with E-state index in [9.17, 15) is 8.42 Å². The summed E-state index contributed by atoms with van der Waals surface area (Å²) in [5.41, 5.74) is 0.352. The topological polar surface area (TPSA) is 64.3 Å². The maximum absolute atomic E-state index is 11.5. The number of nitrogens with zero attached hydrogens (tertiary/aromatic N) is 3. The van der Waals surface area contributed by atoms with Gasteiger partial charge < -0.3 is 0 Å². The van der Waals surface area contributed by atoms with Gasteiger partial charge >= 0.3 is 0 Å². The molecule has 0 aromatic carbocycles. The molecule has 2 rings (SSSR count). The lowest BCUT2D eigenvalue weighted by Gasteiger charge is -2.02. The van der Waals surface area contributed by atoms with E-state index in [1.165, 1.54) is 0 Å². The summed E-state index contributed by atoms with van der Waals surface area (Å²) in [6.45, 7) is 0. The van der Waals surface area contributed by atoms with Gasteiger partial charge in [0.2, 0.25) is 0 Å². The largest absolute Gasteiger partial charge is 0.290 e. The van der Waals surface area contributed by atoms with E-state index in [0.717, 1.165) is 9.96 Å². The van der Waals surface area contributed by atoms with Gasteiger partial charge in [0.25, 0.3) is 0 Å². The van der Waals surface area contributed by atoms with Crippen LogP contribution in [-0.4, -0.2) is 29.0 Å². The predicted octanol–water partition coefficient (Wildman–Crippen LogP) is 1.50. The molecular formula is C7H5BrIN3O2S. The van der Waals surface area contributed by atoms with Crippen LogP contribution in [0.25, 0.3) is 5.65 Å².